The first-order chi connectivity index (χ1) is 8.10. The standard InChI is InChI=1S/C13H5F3N/c14-10-1-2-13(9(5-10)7-17)8-3-11(15)6-12(16)4-8/h1-5H. The van der Waals surface area contributed by atoms with E-state index in [-0.39, 0.29) is 16.7 Å². The van der Waals surface area contributed by atoms with E-state index in [4.69, 9.17) is 5.26 Å². The van der Waals surface area contributed by atoms with E-state index < -0.39 is 17.5 Å². The molecule has 0 aliphatic heterocycles. The predicted molar refractivity (Wildman–Crippen MR) is 55.3 cm³/mol. The molecule has 0 spiro atoms. The van der Waals surface area contributed by atoms with Gasteiger partial charge in [0.1, 0.15) is 17.5 Å². The molecule has 0 heterocycles. The van der Waals surface area contributed by atoms with Crippen LogP contribution in [0.1, 0.15) is 5.56 Å². The number of hydrogen-bond acceptors (Lipinski definition) is 1. The summed E-state index contributed by atoms with van der Waals surface area (Å²) in [4.78, 5) is 0. The number of rotatable bonds is 1. The Morgan fingerprint density at radius 1 is 1.00 bits per heavy atom. The van der Waals surface area contributed by atoms with Crippen LogP contribution in [0.3, 0.4) is 0 Å². The molecule has 0 N–H and O–H groups in total. The van der Waals surface area contributed by atoms with Gasteiger partial charge in [-0.05, 0) is 35.4 Å². The fourth-order valence-corrected chi connectivity index (χ4v) is 1.52. The summed E-state index contributed by atoms with van der Waals surface area (Å²) in [6.07, 6.45) is 0. The van der Waals surface area contributed by atoms with Gasteiger partial charge in [-0.1, -0.05) is 6.07 Å². The lowest BCUT2D eigenvalue weighted by Gasteiger charge is -2.04. The van der Waals surface area contributed by atoms with Crippen LogP contribution in [0.4, 0.5) is 13.2 Å². The van der Waals surface area contributed by atoms with Crippen molar-refractivity contribution >= 4 is 0 Å². The Labute approximate surface area is 95.7 Å². The first-order valence-corrected chi connectivity index (χ1v) is 4.68. The van der Waals surface area contributed by atoms with Crippen LogP contribution in [0.2, 0.25) is 0 Å². The molecule has 2 rings (SSSR count). The summed E-state index contributed by atoms with van der Waals surface area (Å²) >= 11 is 0. The van der Waals surface area contributed by atoms with Crippen molar-refractivity contribution < 1.29 is 13.2 Å². The second-order valence-electron chi connectivity index (χ2n) is 3.37. The highest BCUT2D eigenvalue weighted by Gasteiger charge is 2.09. The molecule has 1 nitrogen and oxygen atoms in total. The minimum Gasteiger partial charge on any atom is -0.207 e. The van der Waals surface area contributed by atoms with Gasteiger partial charge in [-0.25, -0.2) is 13.2 Å². The van der Waals surface area contributed by atoms with Gasteiger partial charge in [0.25, 0.3) is 0 Å². The van der Waals surface area contributed by atoms with Crippen LogP contribution in [-0.4, -0.2) is 0 Å². The molecule has 0 bridgehead atoms. The Bertz CT molecular complexity index is 594. The smallest absolute Gasteiger partial charge is 0.134 e. The summed E-state index contributed by atoms with van der Waals surface area (Å²) in [5.41, 5.74) is 0.478. The van der Waals surface area contributed by atoms with Gasteiger partial charge in [-0.2, -0.15) is 5.26 Å². The topological polar surface area (TPSA) is 23.8 Å². The van der Waals surface area contributed by atoms with E-state index in [1.807, 2.05) is 6.07 Å². The lowest BCUT2D eigenvalue weighted by molar-refractivity contribution is 0.580. The number of nitrogens with zero attached hydrogens (tertiary/aromatic N) is 1. The van der Waals surface area contributed by atoms with E-state index >= 15 is 0 Å². The molecule has 0 aromatic heterocycles. The SMILES string of the molecule is N#Cc1cc(F)ccc1-c1cc(F)[c]c(F)c1. The van der Waals surface area contributed by atoms with Crippen molar-refractivity contribution in [3.63, 3.8) is 0 Å². The summed E-state index contributed by atoms with van der Waals surface area (Å²) in [5, 5.41) is 8.83. The highest BCUT2D eigenvalue weighted by molar-refractivity contribution is 5.70. The van der Waals surface area contributed by atoms with Crippen molar-refractivity contribution in [2.75, 3.05) is 0 Å². The number of halogens is 3. The van der Waals surface area contributed by atoms with Crippen LogP contribution in [0.15, 0.2) is 30.3 Å². The van der Waals surface area contributed by atoms with Crippen molar-refractivity contribution in [1.82, 2.24) is 0 Å². The first-order valence-electron chi connectivity index (χ1n) is 4.68. The quantitative estimate of drug-likeness (QED) is 0.738. The zero-order chi connectivity index (χ0) is 12.4. The molecule has 0 fully saturated rings. The molecule has 0 aliphatic rings. The van der Waals surface area contributed by atoms with Crippen molar-refractivity contribution in [2.45, 2.75) is 0 Å². The van der Waals surface area contributed by atoms with Crippen molar-refractivity contribution in [3.05, 3.63) is 59.4 Å². The molecule has 0 unspecified atom stereocenters. The van der Waals surface area contributed by atoms with Crippen LogP contribution < -0.4 is 0 Å². The average Bonchev–Trinajstić information content (AvgIpc) is 2.27. The molecule has 83 valence electrons. The number of hydrogen-bond donors (Lipinski definition) is 0. The normalized spacial score (nSPS) is 10.0. The highest BCUT2D eigenvalue weighted by Crippen LogP contribution is 2.25. The fraction of sp³-hybridized carbons (Fsp3) is 0. The molecule has 0 saturated carbocycles. The first kappa shape index (κ1) is 11.2. The molecule has 1 radical (unpaired) electrons. The zero-order valence-corrected chi connectivity index (χ0v) is 8.47. The second-order valence-corrected chi connectivity index (χ2v) is 3.37. The van der Waals surface area contributed by atoms with Crippen LogP contribution in [0.5, 0.6) is 0 Å². The zero-order valence-electron chi connectivity index (χ0n) is 8.47. The molecule has 4 heteroatoms. The van der Waals surface area contributed by atoms with Crippen molar-refractivity contribution in [2.24, 2.45) is 0 Å². The average molecular weight is 232 g/mol. The molecule has 0 atom stereocenters. The van der Waals surface area contributed by atoms with E-state index in [1.54, 1.807) is 6.07 Å². The van der Waals surface area contributed by atoms with Gasteiger partial charge < -0.3 is 0 Å². The Balaban J connectivity index is 2.64. The van der Waals surface area contributed by atoms with Crippen LogP contribution in [0, 0.1) is 34.8 Å². The Morgan fingerprint density at radius 2 is 1.65 bits per heavy atom. The van der Waals surface area contributed by atoms with Gasteiger partial charge in [0.15, 0.2) is 0 Å². The van der Waals surface area contributed by atoms with E-state index in [1.165, 1.54) is 6.07 Å². The number of nitriles is 1. The monoisotopic (exact) mass is 232 g/mol. The van der Waals surface area contributed by atoms with Crippen LogP contribution in [-0.2, 0) is 0 Å². The van der Waals surface area contributed by atoms with Crippen molar-refractivity contribution in [1.29, 1.82) is 5.26 Å². The maximum Gasteiger partial charge on any atom is 0.134 e. The molecule has 0 aliphatic carbocycles. The third-order valence-electron chi connectivity index (χ3n) is 2.22. The summed E-state index contributed by atoms with van der Waals surface area (Å²) in [6, 6.07) is 9.15. The summed E-state index contributed by atoms with van der Waals surface area (Å²) in [6.45, 7) is 0. The van der Waals surface area contributed by atoms with E-state index in [9.17, 15) is 13.2 Å². The third kappa shape index (κ3) is 2.28. The minimum absolute atomic E-state index is 0.0231. The maximum atomic E-state index is 13.0. The van der Waals surface area contributed by atoms with Gasteiger partial charge in [0.05, 0.1) is 17.7 Å². The minimum atomic E-state index is -0.867. The lowest BCUT2D eigenvalue weighted by atomic mass is 10.00. The Kier molecular flexibility index (Phi) is 2.84. The molecular formula is C13H5F3N. The molecule has 0 amide bonds. The Hall–Kier alpha value is -2.28. The van der Waals surface area contributed by atoms with E-state index in [0.717, 1.165) is 24.3 Å². The van der Waals surface area contributed by atoms with Crippen LogP contribution in [0.25, 0.3) is 11.1 Å². The largest absolute Gasteiger partial charge is 0.207 e. The highest BCUT2D eigenvalue weighted by atomic mass is 19.1. The second kappa shape index (κ2) is 4.30. The summed E-state index contributed by atoms with van der Waals surface area (Å²) in [7, 11) is 0. The van der Waals surface area contributed by atoms with E-state index in [2.05, 4.69) is 0 Å². The Morgan fingerprint density at radius 3 is 2.24 bits per heavy atom. The number of benzene rings is 2. The van der Waals surface area contributed by atoms with Crippen molar-refractivity contribution in [3.8, 4) is 17.2 Å². The molecule has 0 saturated heterocycles. The molecule has 2 aromatic carbocycles. The fourth-order valence-electron chi connectivity index (χ4n) is 1.52. The third-order valence-corrected chi connectivity index (χ3v) is 2.22. The molecular weight excluding hydrogens is 227 g/mol. The lowest BCUT2D eigenvalue weighted by Crippen LogP contribution is -1.89. The summed E-state index contributed by atoms with van der Waals surface area (Å²) < 4.78 is 38.9. The predicted octanol–water partition coefficient (Wildman–Crippen LogP) is 3.44. The van der Waals surface area contributed by atoms with Gasteiger partial charge >= 0.3 is 0 Å². The van der Waals surface area contributed by atoms with Gasteiger partial charge in [-0.15, -0.1) is 0 Å². The molecule has 17 heavy (non-hydrogen) atoms. The maximum absolute atomic E-state index is 13.0. The van der Waals surface area contributed by atoms with E-state index in [0.29, 0.717) is 0 Å². The van der Waals surface area contributed by atoms with Crippen LogP contribution >= 0.6 is 0 Å². The van der Waals surface area contributed by atoms with Gasteiger partial charge in [0.2, 0.25) is 0 Å². The molecule has 2 aromatic rings. The summed E-state index contributed by atoms with van der Waals surface area (Å²) in [5.74, 6) is -2.31. The van der Waals surface area contributed by atoms with Gasteiger partial charge in [-0.3, -0.25) is 0 Å². The van der Waals surface area contributed by atoms with Gasteiger partial charge in [0, 0.05) is 0 Å².